The number of anilines is 2. The molecule has 4 N–H and O–H groups in total. The van der Waals surface area contributed by atoms with Crippen LogP contribution in [-0.2, 0) is 4.79 Å². The van der Waals surface area contributed by atoms with Crippen molar-refractivity contribution < 1.29 is 34.1 Å². The van der Waals surface area contributed by atoms with Crippen LogP contribution in [0.4, 0.5) is 11.4 Å². The number of rotatable bonds is 10. The molecule has 0 fully saturated rings. The van der Waals surface area contributed by atoms with Gasteiger partial charge in [-0.25, -0.2) is 9.59 Å². The molecular weight excluding hydrogens is 580 g/mol. The fraction of sp³-hybridized carbons (Fsp3) is 0.0968. The Balaban J connectivity index is 1.54. The molecule has 11 heteroatoms. The zero-order chi connectivity index (χ0) is 30.4. The summed E-state index contributed by atoms with van der Waals surface area (Å²) < 4.78 is 5.40. The molecule has 0 saturated heterocycles. The van der Waals surface area contributed by atoms with Crippen LogP contribution in [0.5, 0.6) is 5.75 Å². The number of carboxylic acid groups (broad SMARTS) is 2. The molecular formula is C31H25ClN2O7S. The van der Waals surface area contributed by atoms with Crippen LogP contribution in [0, 0.1) is 6.92 Å². The molecule has 4 aromatic carbocycles. The molecule has 0 aliphatic rings. The Bertz CT molecular complexity index is 1660. The summed E-state index contributed by atoms with van der Waals surface area (Å²) in [5.74, 6) is -3.29. The van der Waals surface area contributed by atoms with E-state index >= 15 is 0 Å². The number of aryl methyl sites for hydroxylation is 1. The quantitative estimate of drug-likeness (QED) is 0.145. The molecule has 0 heterocycles. The second kappa shape index (κ2) is 13.2. The molecule has 1 atom stereocenters. The lowest BCUT2D eigenvalue weighted by Crippen LogP contribution is -2.19. The van der Waals surface area contributed by atoms with Gasteiger partial charge in [-0.2, -0.15) is 0 Å². The van der Waals surface area contributed by atoms with E-state index in [2.05, 4.69) is 10.6 Å². The summed E-state index contributed by atoms with van der Waals surface area (Å²) >= 11 is 7.51. The van der Waals surface area contributed by atoms with Crippen LogP contribution >= 0.6 is 23.4 Å². The molecule has 0 aliphatic carbocycles. The Hall–Kier alpha value is -4.80. The first-order chi connectivity index (χ1) is 20.1. The number of hydrogen-bond acceptors (Lipinski definition) is 6. The highest BCUT2D eigenvalue weighted by atomic mass is 35.5. The van der Waals surface area contributed by atoms with Gasteiger partial charge in [0.25, 0.3) is 5.91 Å². The Morgan fingerprint density at radius 3 is 2.14 bits per heavy atom. The van der Waals surface area contributed by atoms with Crippen LogP contribution in [0.2, 0.25) is 5.02 Å². The van der Waals surface area contributed by atoms with Crippen molar-refractivity contribution in [2.75, 3.05) is 17.7 Å². The predicted molar refractivity (Wildman–Crippen MR) is 161 cm³/mol. The van der Waals surface area contributed by atoms with E-state index in [0.29, 0.717) is 22.1 Å². The molecule has 42 heavy (non-hydrogen) atoms. The number of halogens is 1. The van der Waals surface area contributed by atoms with Gasteiger partial charge in [0.15, 0.2) is 0 Å². The van der Waals surface area contributed by atoms with Crippen LogP contribution in [-0.4, -0.2) is 41.1 Å². The van der Waals surface area contributed by atoms with E-state index in [4.69, 9.17) is 21.4 Å². The van der Waals surface area contributed by atoms with Crippen molar-refractivity contribution in [1.82, 2.24) is 0 Å². The van der Waals surface area contributed by atoms with E-state index in [1.807, 2.05) is 37.3 Å². The summed E-state index contributed by atoms with van der Waals surface area (Å²) in [4.78, 5) is 49.9. The van der Waals surface area contributed by atoms with Crippen LogP contribution < -0.4 is 15.4 Å². The van der Waals surface area contributed by atoms with Crippen molar-refractivity contribution in [1.29, 1.82) is 0 Å². The lowest BCUT2D eigenvalue weighted by atomic mass is 10.0. The van der Waals surface area contributed by atoms with Gasteiger partial charge in [0.1, 0.15) is 11.0 Å². The Morgan fingerprint density at radius 2 is 1.52 bits per heavy atom. The van der Waals surface area contributed by atoms with Crippen LogP contribution in [0.3, 0.4) is 0 Å². The van der Waals surface area contributed by atoms with E-state index in [9.17, 15) is 24.3 Å². The number of nitrogens with one attached hydrogen (secondary N) is 2. The van der Waals surface area contributed by atoms with E-state index in [1.54, 1.807) is 36.4 Å². The first kappa shape index (κ1) is 30.2. The smallest absolute Gasteiger partial charge is 0.336 e. The second-order valence-corrected chi connectivity index (χ2v) is 10.6. The zero-order valence-corrected chi connectivity index (χ0v) is 24.0. The minimum Gasteiger partial charge on any atom is -0.495 e. The van der Waals surface area contributed by atoms with Gasteiger partial charge in [0.05, 0.1) is 29.5 Å². The van der Waals surface area contributed by atoms with E-state index < -0.39 is 28.7 Å². The molecule has 0 bridgehead atoms. The molecule has 214 valence electrons. The maximum atomic E-state index is 13.5. The molecule has 0 spiro atoms. The number of aromatic carboxylic acids is 2. The maximum absolute atomic E-state index is 13.5. The summed E-state index contributed by atoms with van der Waals surface area (Å²) in [5.41, 5.74) is 1.57. The molecule has 0 aliphatic heterocycles. The van der Waals surface area contributed by atoms with Gasteiger partial charge in [0.2, 0.25) is 5.91 Å². The van der Waals surface area contributed by atoms with E-state index in [-0.39, 0.29) is 17.0 Å². The van der Waals surface area contributed by atoms with Crippen molar-refractivity contribution in [3.8, 4) is 5.75 Å². The standard InChI is InChI=1S/C31H25ClN2O7S/c1-17-14-25(26(41-2)16-24(17)32)34-29(36)27(18-6-4-3-5-7-18)42-21-11-9-20(10-12-21)33-28(35)22-13-8-19(30(37)38)15-23(22)31(39)40/h3-16,27H,1-2H3,(H,33,35)(H,34,36)(H,37,38)(H,39,40). The molecule has 4 aromatic rings. The SMILES string of the molecule is COc1cc(Cl)c(C)cc1NC(=O)C(Sc1ccc(NC(=O)c2ccc(C(=O)O)cc2C(=O)O)cc1)c1ccccc1. The Kier molecular flexibility index (Phi) is 9.51. The number of benzene rings is 4. The van der Waals surface area contributed by atoms with Crippen molar-refractivity contribution in [2.24, 2.45) is 0 Å². The summed E-state index contributed by atoms with van der Waals surface area (Å²) in [5, 5.41) is 24.1. The van der Waals surface area contributed by atoms with Crippen molar-refractivity contribution in [3.63, 3.8) is 0 Å². The average Bonchev–Trinajstić information content (AvgIpc) is 2.98. The molecule has 9 nitrogen and oxygen atoms in total. The number of hydrogen-bond donors (Lipinski definition) is 4. The third-order valence-electron chi connectivity index (χ3n) is 6.19. The number of thioether (sulfide) groups is 1. The first-order valence-corrected chi connectivity index (χ1v) is 13.7. The lowest BCUT2D eigenvalue weighted by Gasteiger charge is -2.19. The lowest BCUT2D eigenvalue weighted by molar-refractivity contribution is -0.115. The molecule has 4 rings (SSSR count). The molecule has 0 radical (unpaired) electrons. The van der Waals surface area contributed by atoms with Crippen molar-refractivity contribution in [3.05, 3.63) is 118 Å². The van der Waals surface area contributed by atoms with Gasteiger partial charge in [-0.1, -0.05) is 41.9 Å². The first-order valence-electron chi connectivity index (χ1n) is 12.5. The summed E-state index contributed by atoms with van der Waals surface area (Å²) in [6.45, 7) is 1.83. The summed E-state index contributed by atoms with van der Waals surface area (Å²) in [6.07, 6.45) is 0. The third kappa shape index (κ3) is 7.09. The number of methoxy groups -OCH3 is 1. The average molecular weight is 605 g/mol. The zero-order valence-electron chi connectivity index (χ0n) is 22.4. The number of carboxylic acids is 2. The Labute approximate surface area is 250 Å². The van der Waals surface area contributed by atoms with Gasteiger partial charge in [-0.15, -0.1) is 11.8 Å². The fourth-order valence-electron chi connectivity index (χ4n) is 4.03. The highest BCUT2D eigenvalue weighted by molar-refractivity contribution is 8.00. The number of ether oxygens (including phenoxy) is 1. The minimum absolute atomic E-state index is 0.181. The monoisotopic (exact) mass is 604 g/mol. The van der Waals surface area contributed by atoms with Crippen LogP contribution in [0.15, 0.2) is 89.8 Å². The summed E-state index contributed by atoms with van der Waals surface area (Å²) in [7, 11) is 1.49. The van der Waals surface area contributed by atoms with Gasteiger partial charge < -0.3 is 25.6 Å². The number of amides is 2. The minimum atomic E-state index is -1.42. The molecule has 1 unspecified atom stereocenters. The molecule has 2 amide bonds. The highest BCUT2D eigenvalue weighted by Crippen LogP contribution is 2.38. The maximum Gasteiger partial charge on any atom is 0.336 e. The van der Waals surface area contributed by atoms with Crippen LogP contribution in [0.25, 0.3) is 0 Å². The highest BCUT2D eigenvalue weighted by Gasteiger charge is 2.24. The van der Waals surface area contributed by atoms with E-state index in [1.165, 1.54) is 24.9 Å². The number of carbonyl (C=O) groups is 4. The second-order valence-electron chi connectivity index (χ2n) is 9.05. The van der Waals surface area contributed by atoms with Gasteiger partial charge in [-0.05, 0) is 66.6 Å². The number of carbonyl (C=O) groups excluding carboxylic acids is 2. The molecule has 0 aromatic heterocycles. The molecule has 0 saturated carbocycles. The van der Waals surface area contributed by atoms with Gasteiger partial charge in [0, 0.05) is 21.7 Å². The largest absolute Gasteiger partial charge is 0.495 e. The van der Waals surface area contributed by atoms with E-state index in [0.717, 1.165) is 28.2 Å². The fourth-order valence-corrected chi connectivity index (χ4v) is 5.21. The Morgan fingerprint density at radius 1 is 0.833 bits per heavy atom. The summed E-state index contributed by atoms with van der Waals surface area (Å²) in [6, 6.07) is 22.6. The van der Waals surface area contributed by atoms with Gasteiger partial charge in [-0.3, -0.25) is 9.59 Å². The van der Waals surface area contributed by atoms with Gasteiger partial charge >= 0.3 is 11.9 Å². The van der Waals surface area contributed by atoms with Crippen molar-refractivity contribution in [2.45, 2.75) is 17.1 Å². The normalized spacial score (nSPS) is 11.3. The third-order valence-corrected chi connectivity index (χ3v) is 7.86. The van der Waals surface area contributed by atoms with Crippen molar-refractivity contribution >= 4 is 58.5 Å². The van der Waals surface area contributed by atoms with Crippen LogP contribution in [0.1, 0.15) is 47.5 Å². The topological polar surface area (TPSA) is 142 Å². The predicted octanol–water partition coefficient (Wildman–Crippen LogP) is 6.78.